The Morgan fingerprint density at radius 3 is 2.16 bits per heavy atom. The number of ketones is 1. The van der Waals surface area contributed by atoms with Gasteiger partial charge in [-0.3, -0.25) is 4.79 Å². The second-order valence-electron chi connectivity index (χ2n) is 6.38. The van der Waals surface area contributed by atoms with Gasteiger partial charge in [-0.2, -0.15) is 0 Å². The van der Waals surface area contributed by atoms with Crippen molar-refractivity contribution in [2.24, 2.45) is 5.92 Å². The smallest absolute Gasteiger partial charge is 0.163 e. The van der Waals surface area contributed by atoms with Crippen molar-refractivity contribution in [3.05, 3.63) is 35.4 Å². The Labute approximate surface area is 116 Å². The molecule has 2 saturated carbocycles. The largest absolute Gasteiger partial charge is 0.294 e. The average molecular weight is 256 g/mol. The minimum absolute atomic E-state index is 0.347. The summed E-state index contributed by atoms with van der Waals surface area (Å²) in [7, 11) is 0. The van der Waals surface area contributed by atoms with Crippen LogP contribution in [0, 0.1) is 5.92 Å². The lowest BCUT2D eigenvalue weighted by atomic mass is 9.80. The first-order chi connectivity index (χ1) is 9.33. The van der Waals surface area contributed by atoms with Gasteiger partial charge >= 0.3 is 0 Å². The van der Waals surface area contributed by atoms with E-state index in [0.29, 0.717) is 11.7 Å². The van der Waals surface area contributed by atoms with Gasteiger partial charge < -0.3 is 0 Å². The molecule has 0 spiro atoms. The van der Waals surface area contributed by atoms with Crippen LogP contribution in [-0.4, -0.2) is 5.78 Å². The fourth-order valence-electron chi connectivity index (χ4n) is 3.45. The molecular formula is C18H24O. The normalized spacial score (nSPS) is 21.1. The second-order valence-corrected chi connectivity index (χ2v) is 6.38. The van der Waals surface area contributed by atoms with E-state index >= 15 is 0 Å². The van der Waals surface area contributed by atoms with Gasteiger partial charge in [0.1, 0.15) is 0 Å². The van der Waals surface area contributed by atoms with E-state index in [1.165, 1.54) is 56.9 Å². The Bertz CT molecular complexity index is 422. The van der Waals surface area contributed by atoms with Crippen molar-refractivity contribution in [1.29, 1.82) is 0 Å². The van der Waals surface area contributed by atoms with Crippen LogP contribution in [0.4, 0.5) is 0 Å². The minimum Gasteiger partial charge on any atom is -0.294 e. The molecule has 1 aromatic rings. The SMILES string of the molecule is O=C(CC1CCC1)c1ccc(C2CCCCC2)cc1. The number of Topliss-reactive ketones (excluding diaryl/α,β-unsaturated/α-hetero) is 1. The highest BCUT2D eigenvalue weighted by Gasteiger charge is 2.21. The molecule has 3 rings (SSSR count). The number of hydrogen-bond donors (Lipinski definition) is 0. The topological polar surface area (TPSA) is 17.1 Å². The number of hydrogen-bond acceptors (Lipinski definition) is 1. The number of carbonyl (C=O) groups is 1. The molecular weight excluding hydrogens is 232 g/mol. The molecule has 1 aromatic carbocycles. The first-order valence-electron chi connectivity index (χ1n) is 7.96. The monoisotopic (exact) mass is 256 g/mol. The van der Waals surface area contributed by atoms with E-state index < -0.39 is 0 Å². The van der Waals surface area contributed by atoms with Crippen LogP contribution in [-0.2, 0) is 0 Å². The molecule has 102 valence electrons. The van der Waals surface area contributed by atoms with Crippen molar-refractivity contribution in [3.8, 4) is 0 Å². The third kappa shape index (κ3) is 3.08. The maximum atomic E-state index is 12.1. The average Bonchev–Trinajstić information content (AvgIpc) is 2.44. The highest BCUT2D eigenvalue weighted by atomic mass is 16.1. The lowest BCUT2D eigenvalue weighted by Crippen LogP contribution is -2.16. The van der Waals surface area contributed by atoms with Crippen LogP contribution < -0.4 is 0 Å². The maximum Gasteiger partial charge on any atom is 0.163 e. The first-order valence-corrected chi connectivity index (χ1v) is 7.96. The van der Waals surface area contributed by atoms with Crippen LogP contribution in [0.25, 0.3) is 0 Å². The van der Waals surface area contributed by atoms with E-state index in [2.05, 4.69) is 24.3 Å². The summed E-state index contributed by atoms with van der Waals surface area (Å²) in [5.41, 5.74) is 2.37. The summed E-state index contributed by atoms with van der Waals surface area (Å²) in [6, 6.07) is 8.52. The maximum absolute atomic E-state index is 12.1. The molecule has 0 bridgehead atoms. The zero-order chi connectivity index (χ0) is 13.1. The third-order valence-corrected chi connectivity index (χ3v) is 5.01. The van der Waals surface area contributed by atoms with Crippen LogP contribution >= 0.6 is 0 Å². The van der Waals surface area contributed by atoms with E-state index in [4.69, 9.17) is 0 Å². The van der Waals surface area contributed by atoms with Crippen molar-refractivity contribution in [1.82, 2.24) is 0 Å². The van der Waals surface area contributed by atoms with Gasteiger partial charge in [-0.25, -0.2) is 0 Å². The molecule has 19 heavy (non-hydrogen) atoms. The van der Waals surface area contributed by atoms with Crippen molar-refractivity contribution in [3.63, 3.8) is 0 Å². The zero-order valence-corrected chi connectivity index (χ0v) is 11.7. The molecule has 1 heteroatoms. The molecule has 0 radical (unpaired) electrons. The Kier molecular flexibility index (Phi) is 4.00. The van der Waals surface area contributed by atoms with Gasteiger partial charge in [0.2, 0.25) is 0 Å². The molecule has 0 aliphatic heterocycles. The predicted molar refractivity (Wildman–Crippen MR) is 78.6 cm³/mol. The Hall–Kier alpha value is -1.11. The van der Waals surface area contributed by atoms with Crippen molar-refractivity contribution in [2.75, 3.05) is 0 Å². The van der Waals surface area contributed by atoms with Crippen molar-refractivity contribution >= 4 is 5.78 Å². The van der Waals surface area contributed by atoms with Crippen LogP contribution in [0.3, 0.4) is 0 Å². The number of rotatable bonds is 4. The highest BCUT2D eigenvalue weighted by molar-refractivity contribution is 5.96. The van der Waals surface area contributed by atoms with E-state index in [1.807, 2.05) is 0 Å². The fraction of sp³-hybridized carbons (Fsp3) is 0.611. The quantitative estimate of drug-likeness (QED) is 0.684. The molecule has 2 aliphatic carbocycles. The number of benzene rings is 1. The van der Waals surface area contributed by atoms with Crippen LogP contribution in [0.15, 0.2) is 24.3 Å². The first kappa shape index (κ1) is 12.9. The molecule has 0 atom stereocenters. The van der Waals surface area contributed by atoms with E-state index in [1.54, 1.807) is 0 Å². The van der Waals surface area contributed by atoms with Crippen LogP contribution in [0.2, 0.25) is 0 Å². The van der Waals surface area contributed by atoms with Gasteiger partial charge in [0.25, 0.3) is 0 Å². The van der Waals surface area contributed by atoms with Gasteiger partial charge in [0.05, 0.1) is 0 Å². The summed E-state index contributed by atoms with van der Waals surface area (Å²) in [6.45, 7) is 0. The van der Waals surface area contributed by atoms with Gasteiger partial charge in [-0.05, 0) is 30.2 Å². The Morgan fingerprint density at radius 1 is 0.895 bits per heavy atom. The van der Waals surface area contributed by atoms with Crippen molar-refractivity contribution < 1.29 is 4.79 Å². The molecule has 0 N–H and O–H groups in total. The summed E-state index contributed by atoms with van der Waals surface area (Å²) < 4.78 is 0. The molecule has 0 heterocycles. The Balaban J connectivity index is 1.62. The third-order valence-electron chi connectivity index (χ3n) is 5.01. The number of carbonyl (C=O) groups excluding carboxylic acids is 1. The summed E-state index contributed by atoms with van der Waals surface area (Å²) in [5, 5.41) is 0. The van der Waals surface area contributed by atoms with Crippen LogP contribution in [0.5, 0.6) is 0 Å². The standard InChI is InChI=1S/C18H24O/c19-18(13-14-5-4-6-14)17-11-9-16(10-12-17)15-7-2-1-3-8-15/h9-12,14-15H,1-8,13H2. The molecule has 0 unspecified atom stereocenters. The van der Waals surface area contributed by atoms with Gasteiger partial charge in [-0.15, -0.1) is 0 Å². The predicted octanol–water partition coefficient (Wildman–Crippen LogP) is 5.11. The van der Waals surface area contributed by atoms with Gasteiger partial charge in [-0.1, -0.05) is 62.8 Å². The minimum atomic E-state index is 0.347. The zero-order valence-electron chi connectivity index (χ0n) is 11.7. The van der Waals surface area contributed by atoms with Crippen molar-refractivity contribution in [2.45, 2.75) is 63.7 Å². The summed E-state index contributed by atoms with van der Waals surface area (Å²) in [4.78, 5) is 12.1. The molecule has 0 saturated heterocycles. The molecule has 0 amide bonds. The van der Waals surface area contributed by atoms with Gasteiger partial charge in [0, 0.05) is 12.0 Å². The Morgan fingerprint density at radius 2 is 1.58 bits per heavy atom. The van der Waals surface area contributed by atoms with E-state index in [-0.39, 0.29) is 0 Å². The molecule has 2 fully saturated rings. The summed E-state index contributed by atoms with van der Waals surface area (Å²) in [5.74, 6) is 1.76. The molecule has 1 nitrogen and oxygen atoms in total. The second kappa shape index (κ2) is 5.90. The fourth-order valence-corrected chi connectivity index (χ4v) is 3.45. The molecule has 2 aliphatic rings. The lowest BCUT2D eigenvalue weighted by molar-refractivity contribution is 0.0936. The summed E-state index contributed by atoms with van der Waals surface area (Å²) >= 11 is 0. The van der Waals surface area contributed by atoms with E-state index in [9.17, 15) is 4.79 Å². The van der Waals surface area contributed by atoms with E-state index in [0.717, 1.165) is 17.9 Å². The lowest BCUT2D eigenvalue weighted by Gasteiger charge is -2.24. The van der Waals surface area contributed by atoms with Crippen LogP contribution in [0.1, 0.15) is 79.6 Å². The summed E-state index contributed by atoms with van der Waals surface area (Å²) in [6.07, 6.45) is 11.4. The van der Waals surface area contributed by atoms with Gasteiger partial charge in [0.15, 0.2) is 5.78 Å². The molecule has 0 aromatic heterocycles. The highest BCUT2D eigenvalue weighted by Crippen LogP contribution is 2.33.